The number of pyridine rings is 1. The highest BCUT2D eigenvalue weighted by atomic mass is 16.4. The van der Waals surface area contributed by atoms with Gasteiger partial charge in [0.1, 0.15) is 5.52 Å². The van der Waals surface area contributed by atoms with Crippen molar-refractivity contribution in [1.29, 1.82) is 0 Å². The topological polar surface area (TPSA) is 88.5 Å². The Hall–Kier alpha value is -3.61. The molecule has 2 N–H and O–H groups in total. The van der Waals surface area contributed by atoms with Gasteiger partial charge in [-0.05, 0) is 42.5 Å². The van der Waals surface area contributed by atoms with Crippen molar-refractivity contribution in [2.45, 2.75) is 20.3 Å². The number of fused-ring (bicyclic) bond motifs is 1. The number of oxazole rings is 1. The summed E-state index contributed by atoms with van der Waals surface area (Å²) in [6.07, 6.45) is 4.70. The third-order valence-corrected chi connectivity index (χ3v) is 5.59. The molecule has 1 amide bonds. The Kier molecular flexibility index (Phi) is 5.75. The third-order valence-electron chi connectivity index (χ3n) is 5.59. The highest BCUT2D eigenvalue weighted by Crippen LogP contribution is 2.23. The van der Waals surface area contributed by atoms with E-state index in [1.165, 1.54) is 0 Å². The van der Waals surface area contributed by atoms with Gasteiger partial charge in [0.05, 0.1) is 11.0 Å². The van der Waals surface area contributed by atoms with E-state index in [4.69, 9.17) is 15.1 Å². The molecule has 7 nitrogen and oxygen atoms in total. The molecule has 1 saturated heterocycles. The number of benzene rings is 1. The maximum atomic E-state index is 12.0. The smallest absolute Gasteiger partial charge is 0.292 e. The molecule has 1 aromatic carbocycles. The monoisotopic (exact) mass is 417 g/mol. The maximum absolute atomic E-state index is 12.0. The zero-order valence-electron chi connectivity index (χ0n) is 18.0. The van der Waals surface area contributed by atoms with E-state index in [2.05, 4.69) is 28.6 Å². The number of hydrogen-bond donors (Lipinski definition) is 1. The van der Waals surface area contributed by atoms with Crippen LogP contribution in [-0.2, 0) is 4.79 Å². The molecule has 1 aliphatic rings. The molecule has 1 fully saturated rings. The first-order chi connectivity index (χ1) is 15.0. The van der Waals surface area contributed by atoms with Crippen molar-refractivity contribution in [3.05, 3.63) is 52.7 Å². The SMILES string of the molecule is C=c1ccc(-c2ccc3oc(N)nc3c2)nc1=CC(=CC)N1CCN(C(=O)CC)CC1. The number of carbonyl (C=O) groups excluding carboxylic acids is 1. The Balaban J connectivity index is 1.62. The molecule has 2 aromatic heterocycles. The minimum absolute atomic E-state index is 0.153. The lowest BCUT2D eigenvalue weighted by Gasteiger charge is -2.36. The van der Waals surface area contributed by atoms with Crippen LogP contribution >= 0.6 is 0 Å². The van der Waals surface area contributed by atoms with Gasteiger partial charge in [0, 0.05) is 43.9 Å². The quantitative estimate of drug-likeness (QED) is 0.700. The van der Waals surface area contributed by atoms with Crippen molar-refractivity contribution in [2.75, 3.05) is 31.9 Å². The van der Waals surface area contributed by atoms with Crippen LogP contribution in [0.25, 0.3) is 35.0 Å². The average molecular weight is 418 g/mol. The normalized spacial score (nSPS) is 15.7. The molecule has 3 heterocycles. The number of piperazine rings is 1. The first-order valence-electron chi connectivity index (χ1n) is 10.5. The number of anilines is 1. The van der Waals surface area contributed by atoms with Crippen LogP contribution < -0.4 is 16.3 Å². The van der Waals surface area contributed by atoms with E-state index in [-0.39, 0.29) is 11.9 Å². The lowest BCUT2D eigenvalue weighted by Crippen LogP contribution is -2.48. The number of rotatable bonds is 4. The van der Waals surface area contributed by atoms with Crippen LogP contribution in [0.1, 0.15) is 20.3 Å². The number of aromatic nitrogens is 2. The second kappa shape index (κ2) is 8.63. The molecule has 7 heteroatoms. The second-order valence-corrected chi connectivity index (χ2v) is 7.55. The number of carbonyl (C=O) groups is 1. The summed E-state index contributed by atoms with van der Waals surface area (Å²) in [7, 11) is 0. The van der Waals surface area contributed by atoms with Gasteiger partial charge in [-0.2, -0.15) is 4.98 Å². The van der Waals surface area contributed by atoms with E-state index in [9.17, 15) is 4.79 Å². The highest BCUT2D eigenvalue weighted by molar-refractivity contribution is 5.80. The average Bonchev–Trinajstić information content (AvgIpc) is 3.17. The fraction of sp³-hybridized carbons (Fsp3) is 0.292. The van der Waals surface area contributed by atoms with Gasteiger partial charge in [-0.15, -0.1) is 0 Å². The Labute approximate surface area is 181 Å². The lowest BCUT2D eigenvalue weighted by atomic mass is 10.1. The van der Waals surface area contributed by atoms with Gasteiger partial charge < -0.3 is 20.0 Å². The Bertz CT molecular complexity index is 1250. The first-order valence-corrected chi connectivity index (χ1v) is 10.5. The fourth-order valence-electron chi connectivity index (χ4n) is 3.83. The summed E-state index contributed by atoms with van der Waals surface area (Å²) in [5, 5.41) is 1.67. The highest BCUT2D eigenvalue weighted by Gasteiger charge is 2.20. The Morgan fingerprint density at radius 2 is 1.90 bits per heavy atom. The minimum Gasteiger partial charge on any atom is -0.424 e. The van der Waals surface area contributed by atoms with Gasteiger partial charge in [0.2, 0.25) is 5.91 Å². The number of nitrogen functional groups attached to an aromatic ring is 1. The minimum atomic E-state index is 0.153. The zero-order chi connectivity index (χ0) is 22.0. The van der Waals surface area contributed by atoms with Crippen molar-refractivity contribution in [3.8, 4) is 11.3 Å². The van der Waals surface area contributed by atoms with Crippen molar-refractivity contribution in [1.82, 2.24) is 19.8 Å². The second-order valence-electron chi connectivity index (χ2n) is 7.55. The number of amides is 1. The van der Waals surface area contributed by atoms with Crippen LogP contribution in [0, 0.1) is 0 Å². The number of nitrogens with zero attached hydrogens (tertiary/aromatic N) is 4. The lowest BCUT2D eigenvalue weighted by molar-refractivity contribution is -0.132. The first kappa shape index (κ1) is 20.7. The van der Waals surface area contributed by atoms with Crippen LogP contribution in [0.3, 0.4) is 0 Å². The molecule has 0 atom stereocenters. The van der Waals surface area contributed by atoms with Crippen LogP contribution in [0.4, 0.5) is 6.01 Å². The van der Waals surface area contributed by atoms with Gasteiger partial charge in [-0.25, -0.2) is 4.98 Å². The molecule has 0 saturated carbocycles. The summed E-state index contributed by atoms with van der Waals surface area (Å²) >= 11 is 0. The summed E-state index contributed by atoms with van der Waals surface area (Å²) in [5.74, 6) is 0.214. The van der Waals surface area contributed by atoms with Gasteiger partial charge in [0.15, 0.2) is 5.58 Å². The Morgan fingerprint density at radius 1 is 1.16 bits per heavy atom. The number of nitrogens with two attached hydrogens (primary N) is 1. The Morgan fingerprint density at radius 3 is 2.61 bits per heavy atom. The predicted molar refractivity (Wildman–Crippen MR) is 123 cm³/mol. The van der Waals surface area contributed by atoms with Crippen LogP contribution in [-0.4, -0.2) is 51.9 Å². The summed E-state index contributed by atoms with van der Waals surface area (Å²) in [5.41, 5.74) is 9.86. The van der Waals surface area contributed by atoms with Gasteiger partial charge in [-0.1, -0.05) is 25.6 Å². The molecule has 4 rings (SSSR count). The third kappa shape index (κ3) is 4.30. The van der Waals surface area contributed by atoms with E-state index in [1.807, 2.05) is 49.1 Å². The van der Waals surface area contributed by atoms with Gasteiger partial charge >= 0.3 is 0 Å². The molecule has 0 radical (unpaired) electrons. The number of allylic oxidation sites excluding steroid dienone is 2. The van der Waals surface area contributed by atoms with E-state index in [0.29, 0.717) is 17.5 Å². The van der Waals surface area contributed by atoms with E-state index in [1.54, 1.807) is 0 Å². The summed E-state index contributed by atoms with van der Waals surface area (Å²) < 4.78 is 5.36. The van der Waals surface area contributed by atoms with E-state index >= 15 is 0 Å². The van der Waals surface area contributed by atoms with Crippen molar-refractivity contribution in [3.63, 3.8) is 0 Å². The molecule has 0 unspecified atom stereocenters. The van der Waals surface area contributed by atoms with Gasteiger partial charge in [-0.3, -0.25) is 4.79 Å². The van der Waals surface area contributed by atoms with Crippen molar-refractivity contribution >= 4 is 35.7 Å². The standard InChI is InChI=1S/C24H27N5O2/c1-4-18(28-10-12-29(13-11-28)23(30)5-2)15-20-16(3)6-8-19(26-20)17-7-9-22-21(14-17)27-24(25)31-22/h4,6-9,14-15H,3,5,10-13H2,1-2H3,(H2,25,27). The van der Waals surface area contributed by atoms with Crippen LogP contribution in [0.5, 0.6) is 0 Å². The van der Waals surface area contributed by atoms with Crippen LogP contribution in [0.2, 0.25) is 0 Å². The maximum Gasteiger partial charge on any atom is 0.292 e. The van der Waals surface area contributed by atoms with Gasteiger partial charge in [0.25, 0.3) is 6.01 Å². The molecular formula is C24H27N5O2. The largest absolute Gasteiger partial charge is 0.424 e. The zero-order valence-corrected chi connectivity index (χ0v) is 18.0. The van der Waals surface area contributed by atoms with Crippen molar-refractivity contribution in [2.24, 2.45) is 0 Å². The molecule has 31 heavy (non-hydrogen) atoms. The molecule has 1 aliphatic heterocycles. The van der Waals surface area contributed by atoms with Crippen LogP contribution in [0.15, 0.2) is 46.5 Å². The summed E-state index contributed by atoms with van der Waals surface area (Å²) in [6.45, 7) is 11.2. The molecule has 3 aromatic rings. The molecule has 0 spiro atoms. The molecular weight excluding hydrogens is 390 g/mol. The summed E-state index contributed by atoms with van der Waals surface area (Å²) in [4.78, 5) is 25.2. The molecule has 0 aliphatic carbocycles. The molecule has 0 bridgehead atoms. The van der Waals surface area contributed by atoms with E-state index < -0.39 is 0 Å². The van der Waals surface area contributed by atoms with Crippen molar-refractivity contribution < 1.29 is 9.21 Å². The predicted octanol–water partition coefficient (Wildman–Crippen LogP) is 2.12. The van der Waals surface area contributed by atoms with E-state index in [0.717, 1.165) is 53.7 Å². The summed E-state index contributed by atoms with van der Waals surface area (Å²) in [6, 6.07) is 9.80. The number of hydrogen-bond acceptors (Lipinski definition) is 6. The molecule has 160 valence electrons. The fourth-order valence-corrected chi connectivity index (χ4v) is 3.83.